The Labute approximate surface area is 137 Å². The maximum absolute atomic E-state index is 12.9. The Kier molecular flexibility index (Phi) is 3.97. The van der Waals surface area contributed by atoms with E-state index in [0.717, 1.165) is 10.0 Å². The molecule has 1 aromatic carbocycles. The molecule has 0 spiro atoms. The van der Waals surface area contributed by atoms with Gasteiger partial charge in [-0.3, -0.25) is 0 Å². The number of nitrogens with zero attached hydrogens (tertiary/aromatic N) is 5. The van der Waals surface area contributed by atoms with Crippen LogP contribution in [0.15, 0.2) is 40.9 Å². The van der Waals surface area contributed by atoms with Gasteiger partial charge in [0.2, 0.25) is 0 Å². The molecule has 2 aromatic heterocycles. The summed E-state index contributed by atoms with van der Waals surface area (Å²) in [4.78, 5) is 1.75. The highest BCUT2D eigenvalue weighted by Gasteiger charge is 2.37. The van der Waals surface area contributed by atoms with Gasteiger partial charge in [0, 0.05) is 18.1 Å². The van der Waals surface area contributed by atoms with Gasteiger partial charge in [0.15, 0.2) is 5.65 Å². The summed E-state index contributed by atoms with van der Waals surface area (Å²) < 4.78 is 40.3. The van der Waals surface area contributed by atoms with Crippen molar-refractivity contribution < 1.29 is 13.2 Å². The van der Waals surface area contributed by atoms with Crippen LogP contribution in [0.5, 0.6) is 0 Å². The number of fused-ring (bicyclic) bond motifs is 1. The molecule has 0 aliphatic carbocycles. The Bertz CT molecular complexity index is 846. The van der Waals surface area contributed by atoms with Gasteiger partial charge in [-0.25, -0.2) is 0 Å². The minimum Gasteiger partial charge on any atom is -0.354 e. The smallest absolute Gasteiger partial charge is 0.354 e. The first-order chi connectivity index (χ1) is 10.9. The summed E-state index contributed by atoms with van der Waals surface area (Å²) in [5, 5.41) is 10.7. The normalized spacial score (nSPS) is 11.9. The van der Waals surface area contributed by atoms with E-state index in [-0.39, 0.29) is 5.65 Å². The molecule has 0 amide bonds. The van der Waals surface area contributed by atoms with Gasteiger partial charge in [0.05, 0.1) is 0 Å². The number of rotatable bonds is 3. The van der Waals surface area contributed by atoms with Crippen molar-refractivity contribution in [3.8, 4) is 0 Å². The van der Waals surface area contributed by atoms with Crippen molar-refractivity contribution >= 4 is 27.4 Å². The van der Waals surface area contributed by atoms with Crippen molar-refractivity contribution in [1.29, 1.82) is 0 Å². The highest BCUT2D eigenvalue weighted by Crippen LogP contribution is 2.28. The minimum atomic E-state index is -4.61. The maximum atomic E-state index is 12.9. The second-order valence-corrected chi connectivity index (χ2v) is 5.78. The first-order valence-corrected chi connectivity index (χ1v) is 7.40. The van der Waals surface area contributed by atoms with Crippen molar-refractivity contribution in [3.63, 3.8) is 0 Å². The number of alkyl halides is 3. The fraction of sp³-hybridized carbons (Fsp3) is 0.214. The zero-order chi connectivity index (χ0) is 16.6. The summed E-state index contributed by atoms with van der Waals surface area (Å²) in [7, 11) is 1.76. The molecule has 0 atom stereocenters. The predicted octanol–water partition coefficient (Wildman–Crippen LogP) is 3.54. The monoisotopic (exact) mass is 385 g/mol. The average molecular weight is 386 g/mol. The number of anilines is 1. The number of halogens is 4. The van der Waals surface area contributed by atoms with Crippen LogP contribution < -0.4 is 4.90 Å². The average Bonchev–Trinajstić information content (AvgIpc) is 2.92. The van der Waals surface area contributed by atoms with Crippen molar-refractivity contribution in [2.75, 3.05) is 11.9 Å². The van der Waals surface area contributed by atoms with Crippen LogP contribution in [-0.4, -0.2) is 26.9 Å². The van der Waals surface area contributed by atoms with Crippen molar-refractivity contribution in [3.05, 3.63) is 52.3 Å². The highest BCUT2D eigenvalue weighted by molar-refractivity contribution is 9.10. The van der Waals surface area contributed by atoms with Gasteiger partial charge in [-0.2, -0.15) is 17.7 Å². The third kappa shape index (κ3) is 3.14. The lowest BCUT2D eigenvalue weighted by Gasteiger charge is -2.19. The fourth-order valence-electron chi connectivity index (χ4n) is 2.12. The predicted molar refractivity (Wildman–Crippen MR) is 82.0 cm³/mol. The van der Waals surface area contributed by atoms with Crippen molar-refractivity contribution in [2.24, 2.45) is 0 Å². The molecular weight excluding hydrogens is 375 g/mol. The Morgan fingerprint density at radius 3 is 2.57 bits per heavy atom. The van der Waals surface area contributed by atoms with Crippen molar-refractivity contribution in [2.45, 2.75) is 12.7 Å². The standard InChI is InChI=1S/C14H11BrF3N5/c1-22(8-9-4-2-3-5-10(9)15)12-7-6-11-19-20-13(14(16,17)18)23(11)21-12/h2-7H,8H2,1H3. The van der Waals surface area contributed by atoms with Gasteiger partial charge in [-0.05, 0) is 23.8 Å². The largest absolute Gasteiger partial charge is 0.453 e. The molecule has 0 bridgehead atoms. The molecule has 2 heterocycles. The van der Waals surface area contributed by atoms with E-state index in [9.17, 15) is 13.2 Å². The fourth-order valence-corrected chi connectivity index (χ4v) is 2.53. The Hall–Kier alpha value is -2.16. The molecule has 0 fully saturated rings. The zero-order valence-corrected chi connectivity index (χ0v) is 13.5. The van der Waals surface area contributed by atoms with Crippen LogP contribution in [-0.2, 0) is 12.7 Å². The molecule has 0 saturated carbocycles. The molecule has 0 aliphatic rings. The Morgan fingerprint density at radius 1 is 1.13 bits per heavy atom. The Morgan fingerprint density at radius 2 is 1.87 bits per heavy atom. The molecule has 3 rings (SSSR count). The van der Waals surface area contributed by atoms with Crippen LogP contribution >= 0.6 is 15.9 Å². The maximum Gasteiger partial charge on any atom is 0.453 e. The quantitative estimate of drug-likeness (QED) is 0.691. The SMILES string of the molecule is CN(Cc1ccccc1Br)c1ccc2nnc(C(F)(F)F)n2n1. The van der Waals surface area contributed by atoms with Crippen LogP contribution in [0.2, 0.25) is 0 Å². The summed E-state index contributed by atoms with van der Waals surface area (Å²) in [6.45, 7) is 0.489. The van der Waals surface area contributed by atoms with Crippen molar-refractivity contribution in [1.82, 2.24) is 19.8 Å². The first-order valence-electron chi connectivity index (χ1n) is 6.60. The molecule has 3 aromatic rings. The lowest BCUT2D eigenvalue weighted by molar-refractivity contribution is -0.146. The van der Waals surface area contributed by atoms with Crippen LogP contribution in [0.25, 0.3) is 5.65 Å². The molecule has 0 N–H and O–H groups in total. The van der Waals surface area contributed by atoms with E-state index in [1.165, 1.54) is 6.07 Å². The molecular formula is C14H11BrF3N5. The molecule has 9 heteroatoms. The third-order valence-corrected chi connectivity index (χ3v) is 4.03. The minimum absolute atomic E-state index is 0.0513. The first kappa shape index (κ1) is 15.7. The number of hydrogen-bond acceptors (Lipinski definition) is 4. The van der Waals surface area contributed by atoms with E-state index in [1.54, 1.807) is 18.0 Å². The lowest BCUT2D eigenvalue weighted by atomic mass is 10.2. The molecule has 120 valence electrons. The lowest BCUT2D eigenvalue weighted by Crippen LogP contribution is -2.20. The number of aromatic nitrogens is 4. The second-order valence-electron chi connectivity index (χ2n) is 4.93. The van der Waals surface area contributed by atoms with Gasteiger partial charge in [-0.15, -0.1) is 15.3 Å². The van der Waals surface area contributed by atoms with Gasteiger partial charge >= 0.3 is 6.18 Å². The van der Waals surface area contributed by atoms with Crippen LogP contribution in [0.4, 0.5) is 19.0 Å². The summed E-state index contributed by atoms with van der Waals surface area (Å²) in [6.07, 6.45) is -4.61. The number of benzene rings is 1. The van der Waals surface area contributed by atoms with E-state index in [2.05, 4.69) is 31.2 Å². The number of hydrogen-bond donors (Lipinski definition) is 0. The van der Waals surface area contributed by atoms with E-state index in [1.807, 2.05) is 24.3 Å². The van der Waals surface area contributed by atoms with Gasteiger partial charge in [0.1, 0.15) is 5.82 Å². The van der Waals surface area contributed by atoms with Crippen LogP contribution in [0.3, 0.4) is 0 Å². The molecule has 0 unspecified atom stereocenters. The van der Waals surface area contributed by atoms with Crippen LogP contribution in [0.1, 0.15) is 11.4 Å². The summed E-state index contributed by atoms with van der Waals surface area (Å²) in [6, 6.07) is 10.7. The third-order valence-electron chi connectivity index (χ3n) is 3.26. The molecule has 5 nitrogen and oxygen atoms in total. The molecule has 23 heavy (non-hydrogen) atoms. The van der Waals surface area contributed by atoms with Crippen LogP contribution in [0, 0.1) is 0 Å². The molecule has 0 aliphatic heterocycles. The van der Waals surface area contributed by atoms with E-state index < -0.39 is 12.0 Å². The van der Waals surface area contributed by atoms with E-state index >= 15 is 0 Å². The molecule has 0 saturated heterocycles. The second kappa shape index (κ2) is 5.80. The van der Waals surface area contributed by atoms with Gasteiger partial charge in [0.25, 0.3) is 5.82 Å². The van der Waals surface area contributed by atoms with Gasteiger partial charge < -0.3 is 4.90 Å². The summed E-state index contributed by atoms with van der Waals surface area (Å²) in [5.74, 6) is -0.748. The summed E-state index contributed by atoms with van der Waals surface area (Å²) in [5.41, 5.74) is 1.05. The molecule has 0 radical (unpaired) electrons. The summed E-state index contributed by atoms with van der Waals surface area (Å²) >= 11 is 3.45. The van der Waals surface area contributed by atoms with Gasteiger partial charge in [-0.1, -0.05) is 34.1 Å². The van der Waals surface area contributed by atoms with E-state index in [4.69, 9.17) is 0 Å². The Balaban J connectivity index is 1.95. The highest BCUT2D eigenvalue weighted by atomic mass is 79.9. The topological polar surface area (TPSA) is 46.3 Å². The zero-order valence-electron chi connectivity index (χ0n) is 11.9. The van der Waals surface area contributed by atoms with E-state index in [0.29, 0.717) is 16.9 Å².